The van der Waals surface area contributed by atoms with Crippen molar-refractivity contribution in [2.24, 2.45) is 5.73 Å². The first kappa shape index (κ1) is 28.3. The maximum atomic E-state index is 11.9. The second kappa shape index (κ2) is 19.2. The molecule has 0 unspecified atom stereocenters. The van der Waals surface area contributed by atoms with Gasteiger partial charge in [-0.25, -0.2) is 0 Å². The van der Waals surface area contributed by atoms with Gasteiger partial charge in [0.15, 0.2) is 0 Å². The lowest BCUT2D eigenvalue weighted by Gasteiger charge is -2.27. The number of carbonyl (C=O) groups excluding carboxylic acids is 1. The van der Waals surface area contributed by atoms with Crippen LogP contribution in [0.25, 0.3) is 0 Å². The molecule has 29 heavy (non-hydrogen) atoms. The van der Waals surface area contributed by atoms with Crippen molar-refractivity contribution in [2.75, 3.05) is 13.2 Å². The van der Waals surface area contributed by atoms with Gasteiger partial charge < -0.3 is 30.9 Å². The Morgan fingerprint density at radius 3 is 1.66 bits per heavy atom. The van der Waals surface area contributed by atoms with Crippen LogP contribution in [0.3, 0.4) is 0 Å². The summed E-state index contributed by atoms with van der Waals surface area (Å²) < 4.78 is 5.12. The summed E-state index contributed by atoms with van der Waals surface area (Å²) >= 11 is 0. The number of hydrogen-bond acceptors (Lipinski definition) is 7. The highest BCUT2D eigenvalue weighted by Crippen LogP contribution is 2.14. The highest BCUT2D eigenvalue weighted by molar-refractivity contribution is 5.69. The summed E-state index contributed by atoms with van der Waals surface area (Å²) in [4.78, 5) is 11.9. The topological polar surface area (TPSA) is 133 Å². The number of rotatable bonds is 20. The largest absolute Gasteiger partial charge is 0.458 e. The van der Waals surface area contributed by atoms with Gasteiger partial charge in [-0.05, 0) is 6.42 Å². The Bertz CT molecular complexity index is 382. The number of nitrogens with two attached hydrogens (primary N) is 1. The van der Waals surface area contributed by atoms with Gasteiger partial charge in [0.1, 0.15) is 24.4 Å². The van der Waals surface area contributed by atoms with E-state index < -0.39 is 37.0 Å². The lowest BCUT2D eigenvalue weighted by atomic mass is 10.0. The second-order valence-corrected chi connectivity index (χ2v) is 7.99. The standard InChI is InChI=1S/C22H45NO6/c1-2-3-4-5-6-7-8-9-10-11-12-13-14-15-20(26)29-19(16-23)22(28)21(27)18(25)17-24/h18-19,21-22,24-25,27-28H,2-17,23H2,1H3/t18-,19+,21-,22-/m1/s1. The van der Waals surface area contributed by atoms with Gasteiger partial charge in [-0.1, -0.05) is 84.0 Å². The molecule has 0 aromatic heterocycles. The Morgan fingerprint density at radius 1 is 0.793 bits per heavy atom. The molecule has 0 saturated carbocycles. The Kier molecular flexibility index (Phi) is 18.8. The number of ether oxygens (including phenoxy) is 1. The number of carbonyl (C=O) groups is 1. The third-order valence-electron chi connectivity index (χ3n) is 5.31. The minimum atomic E-state index is -1.63. The van der Waals surface area contributed by atoms with E-state index >= 15 is 0 Å². The molecule has 0 rings (SSSR count). The van der Waals surface area contributed by atoms with Crippen LogP contribution in [0.5, 0.6) is 0 Å². The average Bonchev–Trinajstić information content (AvgIpc) is 2.73. The van der Waals surface area contributed by atoms with Gasteiger partial charge in [-0.3, -0.25) is 4.79 Å². The molecule has 0 aromatic carbocycles. The molecule has 0 aromatic rings. The Morgan fingerprint density at radius 2 is 1.24 bits per heavy atom. The maximum Gasteiger partial charge on any atom is 0.306 e. The van der Waals surface area contributed by atoms with Crippen LogP contribution in [0.2, 0.25) is 0 Å². The zero-order chi connectivity index (χ0) is 21.9. The Hall–Kier alpha value is -0.730. The smallest absolute Gasteiger partial charge is 0.306 e. The van der Waals surface area contributed by atoms with E-state index in [0.29, 0.717) is 6.42 Å². The van der Waals surface area contributed by atoms with Crippen molar-refractivity contribution < 1.29 is 30.0 Å². The summed E-state index contributed by atoms with van der Waals surface area (Å²) in [5.74, 6) is -0.478. The van der Waals surface area contributed by atoms with Crippen molar-refractivity contribution in [3.05, 3.63) is 0 Å². The maximum absolute atomic E-state index is 11.9. The fraction of sp³-hybridized carbons (Fsp3) is 0.955. The van der Waals surface area contributed by atoms with Crippen molar-refractivity contribution in [3.63, 3.8) is 0 Å². The highest BCUT2D eigenvalue weighted by Gasteiger charge is 2.32. The van der Waals surface area contributed by atoms with E-state index in [0.717, 1.165) is 12.8 Å². The van der Waals surface area contributed by atoms with E-state index in [9.17, 15) is 20.1 Å². The zero-order valence-corrected chi connectivity index (χ0v) is 18.3. The number of esters is 1. The van der Waals surface area contributed by atoms with Crippen LogP contribution in [0.1, 0.15) is 96.8 Å². The van der Waals surface area contributed by atoms with Crippen LogP contribution < -0.4 is 5.73 Å². The summed E-state index contributed by atoms with van der Waals surface area (Å²) in [5.41, 5.74) is 5.48. The van der Waals surface area contributed by atoms with Crippen LogP contribution in [-0.4, -0.2) is 64.0 Å². The van der Waals surface area contributed by atoms with Crippen LogP contribution in [0.15, 0.2) is 0 Å². The van der Waals surface area contributed by atoms with Crippen molar-refractivity contribution in [2.45, 2.75) is 121 Å². The normalized spacial score (nSPS) is 15.7. The molecule has 0 bridgehead atoms. The molecule has 0 fully saturated rings. The quantitative estimate of drug-likeness (QED) is 0.151. The Balaban J connectivity index is 3.68. The average molecular weight is 420 g/mol. The van der Waals surface area contributed by atoms with Gasteiger partial charge in [-0.15, -0.1) is 0 Å². The summed E-state index contributed by atoms with van der Waals surface area (Å²) in [6.45, 7) is 1.35. The summed E-state index contributed by atoms with van der Waals surface area (Å²) in [6, 6.07) is 0. The molecular weight excluding hydrogens is 374 g/mol. The van der Waals surface area contributed by atoms with Gasteiger partial charge in [0.2, 0.25) is 0 Å². The van der Waals surface area contributed by atoms with E-state index in [-0.39, 0.29) is 13.0 Å². The minimum Gasteiger partial charge on any atom is -0.458 e. The summed E-state index contributed by atoms with van der Waals surface area (Å²) in [5, 5.41) is 37.8. The third-order valence-corrected chi connectivity index (χ3v) is 5.31. The van der Waals surface area contributed by atoms with E-state index in [2.05, 4.69) is 6.92 Å². The van der Waals surface area contributed by atoms with Crippen LogP contribution in [-0.2, 0) is 9.53 Å². The predicted octanol–water partition coefficient (Wildman–Crippen LogP) is 2.41. The lowest BCUT2D eigenvalue weighted by Crippen LogP contribution is -2.50. The monoisotopic (exact) mass is 419 g/mol. The molecule has 0 spiro atoms. The van der Waals surface area contributed by atoms with Gasteiger partial charge in [0, 0.05) is 13.0 Å². The molecule has 0 heterocycles. The molecule has 6 N–H and O–H groups in total. The Labute approximate surface area is 176 Å². The van der Waals surface area contributed by atoms with E-state index in [1.165, 1.54) is 64.2 Å². The van der Waals surface area contributed by atoms with Crippen molar-refractivity contribution in [3.8, 4) is 0 Å². The molecule has 174 valence electrons. The summed E-state index contributed by atoms with van der Waals surface area (Å²) in [6.07, 6.45) is 10.3. The third kappa shape index (κ3) is 14.8. The molecule has 0 aliphatic heterocycles. The SMILES string of the molecule is CCCCCCCCCCCCCCCC(=O)O[C@@H](CN)[C@@H](O)[C@H](O)[C@H](O)CO. The number of hydrogen-bond donors (Lipinski definition) is 5. The van der Waals surface area contributed by atoms with Gasteiger partial charge in [0.25, 0.3) is 0 Å². The minimum absolute atomic E-state index is 0.180. The zero-order valence-electron chi connectivity index (χ0n) is 18.3. The van der Waals surface area contributed by atoms with Crippen molar-refractivity contribution >= 4 is 5.97 Å². The lowest BCUT2D eigenvalue weighted by molar-refractivity contribution is -0.165. The van der Waals surface area contributed by atoms with Crippen molar-refractivity contribution in [1.82, 2.24) is 0 Å². The van der Waals surface area contributed by atoms with Gasteiger partial charge >= 0.3 is 5.97 Å². The first-order valence-corrected chi connectivity index (χ1v) is 11.5. The first-order valence-electron chi connectivity index (χ1n) is 11.5. The van der Waals surface area contributed by atoms with Crippen LogP contribution in [0, 0.1) is 0 Å². The van der Waals surface area contributed by atoms with Crippen LogP contribution in [0.4, 0.5) is 0 Å². The molecule has 0 radical (unpaired) electrons. The van der Waals surface area contributed by atoms with Gasteiger partial charge in [0.05, 0.1) is 6.61 Å². The molecule has 7 heteroatoms. The first-order chi connectivity index (χ1) is 14.0. The molecule has 0 aliphatic rings. The molecule has 0 aliphatic carbocycles. The fourth-order valence-corrected chi connectivity index (χ4v) is 3.33. The van der Waals surface area contributed by atoms with Crippen molar-refractivity contribution in [1.29, 1.82) is 0 Å². The molecule has 4 atom stereocenters. The molecular formula is C22H45NO6. The van der Waals surface area contributed by atoms with E-state index in [4.69, 9.17) is 15.6 Å². The second-order valence-electron chi connectivity index (χ2n) is 7.99. The summed E-state index contributed by atoms with van der Waals surface area (Å²) in [7, 11) is 0. The predicted molar refractivity (Wildman–Crippen MR) is 114 cm³/mol. The van der Waals surface area contributed by atoms with Gasteiger partial charge in [-0.2, -0.15) is 0 Å². The van der Waals surface area contributed by atoms with E-state index in [1.807, 2.05) is 0 Å². The number of aliphatic hydroxyl groups excluding tert-OH is 4. The molecule has 0 amide bonds. The molecule has 0 saturated heterocycles. The van der Waals surface area contributed by atoms with E-state index in [1.54, 1.807) is 0 Å². The molecule has 7 nitrogen and oxygen atoms in total. The fourth-order valence-electron chi connectivity index (χ4n) is 3.33. The van der Waals surface area contributed by atoms with Crippen LogP contribution >= 0.6 is 0 Å². The highest BCUT2D eigenvalue weighted by atomic mass is 16.6. The number of aliphatic hydroxyl groups is 4. The number of unbranched alkanes of at least 4 members (excludes halogenated alkanes) is 12.